The molecule has 0 amide bonds. The van der Waals surface area contributed by atoms with Gasteiger partial charge in [0.25, 0.3) is 0 Å². The van der Waals surface area contributed by atoms with E-state index < -0.39 is 5.41 Å². The summed E-state index contributed by atoms with van der Waals surface area (Å²) in [6.07, 6.45) is 0. The normalized spacial score (nSPS) is 12.8. The Labute approximate surface area is 393 Å². The first-order chi connectivity index (χ1) is 33.7. The largest absolute Gasteiger partial charge is 0.456 e. The minimum Gasteiger partial charge on any atom is -0.456 e. The van der Waals surface area contributed by atoms with Crippen molar-refractivity contribution in [2.75, 3.05) is 4.90 Å². The predicted molar refractivity (Wildman–Crippen MR) is 281 cm³/mol. The zero-order valence-corrected chi connectivity index (χ0v) is 36.9. The fourth-order valence-electron chi connectivity index (χ4n) is 11.3. The first kappa shape index (κ1) is 38.4. The minimum atomic E-state index is -0.549. The van der Waals surface area contributed by atoms with Crippen LogP contribution in [0.4, 0.5) is 17.1 Å². The lowest BCUT2D eigenvalue weighted by Crippen LogP contribution is -2.28. The number of hydrogen-bond acceptors (Lipinski definition) is 3. The number of nitrogens with zero attached hydrogens (tertiary/aromatic N) is 1. The number of para-hydroxylation sites is 2. The van der Waals surface area contributed by atoms with E-state index in [1.165, 1.54) is 44.2 Å². The van der Waals surface area contributed by atoms with E-state index in [2.05, 4.69) is 241 Å². The smallest absolute Gasteiger partial charge is 0.136 e. The van der Waals surface area contributed by atoms with Crippen LogP contribution in [0.5, 0.6) is 0 Å². The Bertz CT molecular complexity index is 4050. The highest BCUT2D eigenvalue weighted by molar-refractivity contribution is 6.12. The van der Waals surface area contributed by atoms with Crippen LogP contribution < -0.4 is 4.90 Å². The first-order valence-electron chi connectivity index (χ1n) is 23.3. The maximum absolute atomic E-state index is 6.52. The van der Waals surface area contributed by atoms with Crippen LogP contribution in [0.25, 0.3) is 88.0 Å². The zero-order valence-electron chi connectivity index (χ0n) is 36.9. The van der Waals surface area contributed by atoms with Gasteiger partial charge in [-0.2, -0.15) is 0 Å². The Morgan fingerprint density at radius 2 is 0.838 bits per heavy atom. The van der Waals surface area contributed by atoms with E-state index in [0.717, 1.165) is 83.2 Å². The van der Waals surface area contributed by atoms with Crippen molar-refractivity contribution in [3.8, 4) is 33.4 Å². The molecule has 0 N–H and O–H groups in total. The molecule has 0 spiro atoms. The summed E-state index contributed by atoms with van der Waals surface area (Å²) in [4.78, 5) is 2.48. The van der Waals surface area contributed by atoms with Crippen molar-refractivity contribution in [2.45, 2.75) is 5.41 Å². The Morgan fingerprint density at radius 3 is 1.62 bits per heavy atom. The zero-order chi connectivity index (χ0) is 44.8. The van der Waals surface area contributed by atoms with Crippen molar-refractivity contribution < 1.29 is 8.83 Å². The summed E-state index contributed by atoms with van der Waals surface area (Å²) < 4.78 is 12.7. The second-order valence-corrected chi connectivity index (χ2v) is 17.9. The van der Waals surface area contributed by atoms with E-state index in [-0.39, 0.29) is 0 Å². The summed E-state index contributed by atoms with van der Waals surface area (Å²) in [6.45, 7) is 0. The summed E-state index contributed by atoms with van der Waals surface area (Å²) in [5.74, 6) is 0. The summed E-state index contributed by atoms with van der Waals surface area (Å²) in [7, 11) is 0. The molecule has 1 aliphatic rings. The summed E-state index contributed by atoms with van der Waals surface area (Å²) in [5.41, 5.74) is 18.2. The number of hydrogen-bond donors (Lipinski definition) is 0. The average Bonchev–Trinajstić information content (AvgIpc) is 4.06. The van der Waals surface area contributed by atoms with Gasteiger partial charge in [0.2, 0.25) is 0 Å². The van der Waals surface area contributed by atoms with Gasteiger partial charge in [-0.15, -0.1) is 0 Å². The molecule has 68 heavy (non-hydrogen) atoms. The van der Waals surface area contributed by atoms with Crippen molar-refractivity contribution in [1.82, 2.24) is 0 Å². The number of rotatable bonds is 7. The van der Waals surface area contributed by atoms with Crippen LogP contribution in [0, 0.1) is 0 Å². The summed E-state index contributed by atoms with van der Waals surface area (Å²) in [5, 5.41) is 6.82. The molecule has 0 fully saturated rings. The average molecular weight is 868 g/mol. The van der Waals surface area contributed by atoms with Crippen LogP contribution in [0.3, 0.4) is 0 Å². The van der Waals surface area contributed by atoms with Crippen LogP contribution >= 0.6 is 0 Å². The maximum Gasteiger partial charge on any atom is 0.136 e. The molecule has 13 aromatic rings. The molecule has 2 aromatic heterocycles. The van der Waals surface area contributed by atoms with Crippen molar-refractivity contribution in [2.24, 2.45) is 0 Å². The van der Waals surface area contributed by atoms with Gasteiger partial charge in [0.05, 0.1) is 16.8 Å². The molecule has 318 valence electrons. The Morgan fingerprint density at radius 1 is 0.309 bits per heavy atom. The quantitative estimate of drug-likeness (QED) is 0.160. The molecule has 3 nitrogen and oxygen atoms in total. The molecule has 2 heterocycles. The molecule has 0 unspecified atom stereocenters. The Kier molecular flexibility index (Phi) is 8.50. The topological polar surface area (TPSA) is 29.5 Å². The van der Waals surface area contributed by atoms with Gasteiger partial charge in [0, 0.05) is 38.4 Å². The van der Waals surface area contributed by atoms with Crippen LogP contribution in [0.15, 0.2) is 258 Å². The van der Waals surface area contributed by atoms with Gasteiger partial charge in [-0.3, -0.25) is 0 Å². The SMILES string of the molecule is c1ccc(C2(c3ccccc3)c3ccccc3-c3c(N(c4ccc(-c5ccc6oc7ccccc7c6c5)cc4)c4ccccc4-c4ccc5oc6cc7ccccc7cc6c5c4)cccc32)cc1. The van der Waals surface area contributed by atoms with Gasteiger partial charge in [-0.05, 0) is 122 Å². The highest BCUT2D eigenvalue weighted by atomic mass is 16.3. The molecule has 11 aromatic carbocycles. The number of anilines is 3. The van der Waals surface area contributed by atoms with E-state index in [1.807, 2.05) is 12.1 Å². The number of fused-ring (bicyclic) bond motifs is 10. The first-order valence-corrected chi connectivity index (χ1v) is 23.3. The fraction of sp³-hybridized carbons (Fsp3) is 0.0154. The van der Waals surface area contributed by atoms with Gasteiger partial charge in [0.1, 0.15) is 22.3 Å². The van der Waals surface area contributed by atoms with Crippen molar-refractivity contribution in [3.05, 3.63) is 271 Å². The van der Waals surface area contributed by atoms with Crippen molar-refractivity contribution in [3.63, 3.8) is 0 Å². The molecular weight excluding hydrogens is 827 g/mol. The monoisotopic (exact) mass is 867 g/mol. The van der Waals surface area contributed by atoms with Gasteiger partial charge in [-0.1, -0.05) is 182 Å². The third-order valence-corrected chi connectivity index (χ3v) is 14.3. The molecule has 0 radical (unpaired) electrons. The van der Waals surface area contributed by atoms with Gasteiger partial charge in [0.15, 0.2) is 0 Å². The van der Waals surface area contributed by atoms with Gasteiger partial charge >= 0.3 is 0 Å². The molecular formula is C65H41NO2. The lowest BCUT2D eigenvalue weighted by Gasteiger charge is -2.34. The van der Waals surface area contributed by atoms with E-state index in [4.69, 9.17) is 8.83 Å². The lowest BCUT2D eigenvalue weighted by atomic mass is 9.68. The van der Waals surface area contributed by atoms with Crippen molar-refractivity contribution >= 4 is 71.7 Å². The Hall–Kier alpha value is -8.92. The minimum absolute atomic E-state index is 0.549. The highest BCUT2D eigenvalue weighted by Crippen LogP contribution is 2.60. The molecule has 0 saturated heterocycles. The van der Waals surface area contributed by atoms with Gasteiger partial charge < -0.3 is 13.7 Å². The number of furan rings is 2. The predicted octanol–water partition coefficient (Wildman–Crippen LogP) is 17.8. The second-order valence-electron chi connectivity index (χ2n) is 17.9. The Balaban J connectivity index is 1.00. The van der Waals surface area contributed by atoms with Crippen LogP contribution in [0.2, 0.25) is 0 Å². The van der Waals surface area contributed by atoms with Crippen molar-refractivity contribution in [1.29, 1.82) is 0 Å². The van der Waals surface area contributed by atoms with Crippen LogP contribution in [-0.4, -0.2) is 0 Å². The lowest BCUT2D eigenvalue weighted by molar-refractivity contribution is 0.669. The molecule has 0 aliphatic heterocycles. The summed E-state index contributed by atoms with van der Waals surface area (Å²) in [6, 6.07) is 90.3. The van der Waals surface area contributed by atoms with E-state index in [9.17, 15) is 0 Å². The number of benzene rings is 11. The maximum atomic E-state index is 6.52. The third-order valence-electron chi connectivity index (χ3n) is 14.3. The molecule has 14 rings (SSSR count). The second kappa shape index (κ2) is 15.1. The van der Waals surface area contributed by atoms with Crippen LogP contribution in [-0.2, 0) is 5.41 Å². The fourth-order valence-corrected chi connectivity index (χ4v) is 11.3. The highest BCUT2D eigenvalue weighted by Gasteiger charge is 2.47. The third kappa shape index (κ3) is 5.72. The van der Waals surface area contributed by atoms with Gasteiger partial charge in [-0.25, -0.2) is 0 Å². The molecule has 0 bridgehead atoms. The molecule has 1 aliphatic carbocycles. The van der Waals surface area contributed by atoms with E-state index in [1.54, 1.807) is 0 Å². The van der Waals surface area contributed by atoms with E-state index in [0.29, 0.717) is 0 Å². The van der Waals surface area contributed by atoms with Crippen LogP contribution in [0.1, 0.15) is 22.3 Å². The molecule has 0 atom stereocenters. The summed E-state index contributed by atoms with van der Waals surface area (Å²) >= 11 is 0. The molecule has 0 saturated carbocycles. The molecule has 3 heteroatoms. The van der Waals surface area contributed by atoms with E-state index >= 15 is 0 Å². The standard InChI is InChI=1S/C65H41NO2/c1-3-18-47(19-4-1)65(48-20-5-2-6-21-48)56-25-12-9-24-52(56)64-57(65)26-15-28-59(64)66(49-34-30-42(31-35-49)45-32-36-61-53(39-45)51-23-11-14-29-60(51)67-61)58-27-13-10-22-50(58)46-33-37-62-54(40-46)55-38-43-16-7-8-17-44(43)41-63(55)68-62/h1-41H.